The van der Waals surface area contributed by atoms with E-state index in [9.17, 15) is 4.79 Å². The molecule has 0 aromatic heterocycles. The number of likely N-dealkylation sites (N-methyl/N-ethyl adjacent to an activating group) is 1. The van der Waals surface area contributed by atoms with Crippen LogP contribution in [0.5, 0.6) is 0 Å². The van der Waals surface area contributed by atoms with Gasteiger partial charge in [0.05, 0.1) is 13.5 Å². The summed E-state index contributed by atoms with van der Waals surface area (Å²) in [6, 6.07) is 8.31. The first-order valence-electron chi connectivity index (χ1n) is 5.61. The van der Waals surface area contributed by atoms with E-state index in [0.717, 1.165) is 24.0 Å². The van der Waals surface area contributed by atoms with Crippen LogP contribution in [0.2, 0.25) is 0 Å². The number of carbonyl (C=O) groups is 1. The molecule has 17 heavy (non-hydrogen) atoms. The molecular weight excluding hydrogens is 282 g/mol. The van der Waals surface area contributed by atoms with E-state index in [1.165, 1.54) is 12.7 Å². The average molecular weight is 300 g/mol. The summed E-state index contributed by atoms with van der Waals surface area (Å²) < 4.78 is 5.70. The first-order valence-corrected chi connectivity index (χ1v) is 6.41. The van der Waals surface area contributed by atoms with Crippen molar-refractivity contribution in [2.75, 3.05) is 27.2 Å². The highest BCUT2D eigenvalue weighted by atomic mass is 79.9. The predicted molar refractivity (Wildman–Crippen MR) is 72.0 cm³/mol. The molecule has 0 unspecified atom stereocenters. The molecule has 0 bridgehead atoms. The Morgan fingerprint density at radius 2 is 1.94 bits per heavy atom. The lowest BCUT2D eigenvalue weighted by Crippen LogP contribution is -2.24. The van der Waals surface area contributed by atoms with Gasteiger partial charge in [0.25, 0.3) is 0 Å². The second kappa shape index (κ2) is 7.45. The second-order valence-electron chi connectivity index (χ2n) is 4.01. The molecule has 0 atom stereocenters. The third-order valence-electron chi connectivity index (χ3n) is 2.62. The molecule has 0 saturated carbocycles. The Kier molecular flexibility index (Phi) is 6.22. The van der Waals surface area contributed by atoms with Crippen LogP contribution in [-0.2, 0) is 16.0 Å². The highest BCUT2D eigenvalue weighted by Crippen LogP contribution is 2.11. The summed E-state index contributed by atoms with van der Waals surface area (Å²) in [4.78, 5) is 13.1. The number of halogens is 1. The zero-order valence-corrected chi connectivity index (χ0v) is 11.9. The van der Waals surface area contributed by atoms with Gasteiger partial charge in [0.2, 0.25) is 0 Å². The Morgan fingerprint density at radius 3 is 2.53 bits per heavy atom. The predicted octanol–water partition coefficient (Wildman–Crippen LogP) is 2.49. The van der Waals surface area contributed by atoms with Crippen molar-refractivity contribution in [3.8, 4) is 0 Å². The lowest BCUT2D eigenvalue weighted by Gasteiger charge is -2.15. The Balaban J connectivity index is 2.25. The molecule has 0 aliphatic rings. The van der Waals surface area contributed by atoms with Crippen molar-refractivity contribution < 1.29 is 9.53 Å². The van der Waals surface area contributed by atoms with E-state index in [4.69, 9.17) is 0 Å². The number of nitrogens with zero attached hydrogens (tertiary/aromatic N) is 1. The number of hydrogen-bond donors (Lipinski definition) is 0. The van der Waals surface area contributed by atoms with Crippen LogP contribution < -0.4 is 0 Å². The average Bonchev–Trinajstić information content (AvgIpc) is 2.35. The van der Waals surface area contributed by atoms with E-state index in [1.54, 1.807) is 0 Å². The summed E-state index contributed by atoms with van der Waals surface area (Å²) in [6.45, 7) is 1.68. The minimum Gasteiger partial charge on any atom is -0.469 e. The van der Waals surface area contributed by atoms with Crippen molar-refractivity contribution in [3.63, 3.8) is 0 Å². The quantitative estimate of drug-likeness (QED) is 0.756. The maximum Gasteiger partial charge on any atom is 0.306 e. The third kappa shape index (κ3) is 5.84. The van der Waals surface area contributed by atoms with Gasteiger partial charge in [0.15, 0.2) is 0 Å². The molecule has 0 fully saturated rings. The van der Waals surface area contributed by atoms with Crippen LogP contribution in [0, 0.1) is 0 Å². The molecule has 0 N–H and O–H groups in total. The molecule has 0 spiro atoms. The van der Waals surface area contributed by atoms with Crippen LogP contribution in [0.3, 0.4) is 0 Å². The molecule has 3 nitrogen and oxygen atoms in total. The highest BCUT2D eigenvalue weighted by Gasteiger charge is 2.04. The lowest BCUT2D eigenvalue weighted by molar-refractivity contribution is -0.140. The molecule has 1 aromatic carbocycles. The maximum atomic E-state index is 11.0. The normalized spacial score (nSPS) is 10.6. The fourth-order valence-corrected chi connectivity index (χ4v) is 1.73. The van der Waals surface area contributed by atoms with Gasteiger partial charge in [0.1, 0.15) is 0 Å². The summed E-state index contributed by atoms with van der Waals surface area (Å²) >= 11 is 3.41. The van der Waals surface area contributed by atoms with Crippen molar-refractivity contribution in [2.24, 2.45) is 0 Å². The molecule has 0 saturated heterocycles. The molecular formula is C13H18BrNO2. The Bertz CT molecular complexity index is 351. The van der Waals surface area contributed by atoms with Gasteiger partial charge in [-0.2, -0.15) is 0 Å². The van der Waals surface area contributed by atoms with Crippen LogP contribution in [0.1, 0.15) is 12.0 Å². The smallest absolute Gasteiger partial charge is 0.306 e. The molecule has 1 rings (SSSR count). The van der Waals surface area contributed by atoms with Crippen molar-refractivity contribution in [1.82, 2.24) is 4.90 Å². The van der Waals surface area contributed by atoms with Gasteiger partial charge in [-0.05, 0) is 31.2 Å². The summed E-state index contributed by atoms with van der Waals surface area (Å²) in [5.74, 6) is -0.152. The van der Waals surface area contributed by atoms with Gasteiger partial charge in [-0.15, -0.1) is 0 Å². The molecule has 0 heterocycles. The van der Waals surface area contributed by atoms with Gasteiger partial charge in [0, 0.05) is 17.6 Å². The minimum absolute atomic E-state index is 0.152. The molecule has 94 valence electrons. The van der Waals surface area contributed by atoms with Crippen molar-refractivity contribution in [2.45, 2.75) is 12.8 Å². The van der Waals surface area contributed by atoms with E-state index >= 15 is 0 Å². The number of methoxy groups -OCH3 is 1. The third-order valence-corrected chi connectivity index (χ3v) is 3.15. The minimum atomic E-state index is -0.152. The monoisotopic (exact) mass is 299 g/mol. The SMILES string of the molecule is COC(=O)CCN(C)CCc1ccc(Br)cc1. The zero-order chi connectivity index (χ0) is 12.7. The van der Waals surface area contributed by atoms with Gasteiger partial charge in [-0.1, -0.05) is 28.1 Å². The summed E-state index contributed by atoms with van der Waals surface area (Å²) in [5.41, 5.74) is 1.30. The van der Waals surface area contributed by atoms with Gasteiger partial charge >= 0.3 is 5.97 Å². The summed E-state index contributed by atoms with van der Waals surface area (Å²) in [5, 5.41) is 0. The largest absolute Gasteiger partial charge is 0.469 e. The summed E-state index contributed by atoms with van der Waals surface area (Å²) in [6.07, 6.45) is 1.44. The number of benzene rings is 1. The van der Waals surface area contributed by atoms with Crippen LogP contribution in [0.25, 0.3) is 0 Å². The Morgan fingerprint density at radius 1 is 1.29 bits per heavy atom. The number of hydrogen-bond acceptors (Lipinski definition) is 3. The maximum absolute atomic E-state index is 11.0. The second-order valence-corrected chi connectivity index (χ2v) is 4.92. The van der Waals surface area contributed by atoms with Crippen molar-refractivity contribution in [3.05, 3.63) is 34.3 Å². The molecule has 0 aliphatic heterocycles. The van der Waals surface area contributed by atoms with Gasteiger partial charge in [-0.3, -0.25) is 4.79 Å². The Hall–Kier alpha value is -0.870. The lowest BCUT2D eigenvalue weighted by atomic mass is 10.1. The standard InChI is InChI=1S/C13H18BrNO2/c1-15(10-8-13(16)17-2)9-7-11-3-5-12(14)6-4-11/h3-6H,7-10H2,1-2H3. The van der Waals surface area contributed by atoms with Gasteiger partial charge in [-0.25, -0.2) is 0 Å². The van der Waals surface area contributed by atoms with Crippen LogP contribution in [0.4, 0.5) is 0 Å². The highest BCUT2D eigenvalue weighted by molar-refractivity contribution is 9.10. The Labute approximate surface area is 111 Å². The fraction of sp³-hybridized carbons (Fsp3) is 0.462. The van der Waals surface area contributed by atoms with E-state index < -0.39 is 0 Å². The first kappa shape index (κ1) is 14.2. The van der Waals surface area contributed by atoms with E-state index in [1.807, 2.05) is 19.2 Å². The zero-order valence-electron chi connectivity index (χ0n) is 10.3. The molecule has 0 amide bonds. The van der Waals surface area contributed by atoms with Crippen LogP contribution in [-0.4, -0.2) is 38.1 Å². The topological polar surface area (TPSA) is 29.5 Å². The van der Waals surface area contributed by atoms with Crippen molar-refractivity contribution in [1.29, 1.82) is 0 Å². The van der Waals surface area contributed by atoms with Crippen LogP contribution in [0.15, 0.2) is 28.7 Å². The van der Waals surface area contributed by atoms with Crippen molar-refractivity contribution >= 4 is 21.9 Å². The van der Waals surface area contributed by atoms with E-state index in [2.05, 4.69) is 37.7 Å². The summed E-state index contributed by atoms with van der Waals surface area (Å²) in [7, 11) is 3.44. The fourth-order valence-electron chi connectivity index (χ4n) is 1.47. The van der Waals surface area contributed by atoms with Crippen LogP contribution >= 0.6 is 15.9 Å². The number of carbonyl (C=O) groups excluding carboxylic acids is 1. The van der Waals surface area contributed by atoms with E-state index in [-0.39, 0.29) is 5.97 Å². The number of esters is 1. The van der Waals surface area contributed by atoms with Gasteiger partial charge < -0.3 is 9.64 Å². The number of ether oxygens (including phenoxy) is 1. The molecule has 4 heteroatoms. The molecule has 0 radical (unpaired) electrons. The first-order chi connectivity index (χ1) is 8.11. The molecule has 1 aromatic rings. The number of rotatable bonds is 6. The molecule has 0 aliphatic carbocycles. The van der Waals surface area contributed by atoms with E-state index in [0.29, 0.717) is 6.42 Å².